The number of hydrogen-bond acceptors (Lipinski definition) is 4. The molecule has 2 heterocycles. The maximum Gasteiger partial charge on any atom is 0.276 e. The molecule has 1 amide bonds. The van der Waals surface area contributed by atoms with Crippen LogP contribution in [-0.2, 0) is 6.54 Å². The van der Waals surface area contributed by atoms with Crippen molar-refractivity contribution >= 4 is 28.8 Å². The number of anilines is 1. The Hall–Kier alpha value is -3.35. The van der Waals surface area contributed by atoms with Crippen LogP contribution in [0.1, 0.15) is 16.2 Å². The van der Waals surface area contributed by atoms with Gasteiger partial charge in [-0.3, -0.25) is 4.79 Å². The molecule has 0 aliphatic carbocycles. The number of rotatable bonds is 6. The lowest BCUT2D eigenvalue weighted by molar-refractivity contribution is 0.102. The minimum atomic E-state index is -0.323. The largest absolute Gasteiger partial charge is 0.455 e. The zero-order valence-corrected chi connectivity index (χ0v) is 17.4. The number of imidazole rings is 1. The first-order valence-electron chi connectivity index (χ1n) is 9.46. The Morgan fingerprint density at radius 3 is 2.63 bits per heavy atom. The van der Waals surface area contributed by atoms with Crippen molar-refractivity contribution in [3.8, 4) is 11.5 Å². The number of carbonyl (C=O) groups is 1. The Bertz CT molecular complexity index is 1190. The number of halogens is 1. The summed E-state index contributed by atoms with van der Waals surface area (Å²) in [7, 11) is 3.90. The highest BCUT2D eigenvalue weighted by Gasteiger charge is 2.21. The van der Waals surface area contributed by atoms with Gasteiger partial charge in [0.1, 0.15) is 11.4 Å². The fraction of sp³-hybridized carbons (Fsp3) is 0.130. The molecule has 2 aromatic heterocycles. The number of nitrogens with one attached hydrogen (secondary N) is 1. The van der Waals surface area contributed by atoms with Crippen molar-refractivity contribution in [2.75, 3.05) is 19.4 Å². The molecule has 7 heteroatoms. The van der Waals surface area contributed by atoms with E-state index in [2.05, 4.69) is 10.3 Å². The van der Waals surface area contributed by atoms with Gasteiger partial charge in [0.15, 0.2) is 11.4 Å². The maximum absolute atomic E-state index is 13.2. The van der Waals surface area contributed by atoms with Gasteiger partial charge in [0.05, 0.1) is 11.4 Å². The summed E-state index contributed by atoms with van der Waals surface area (Å²) in [6.45, 7) is 0.566. The highest BCUT2D eigenvalue weighted by atomic mass is 35.5. The predicted molar refractivity (Wildman–Crippen MR) is 119 cm³/mol. The third-order valence-corrected chi connectivity index (χ3v) is 4.71. The predicted octanol–water partition coefficient (Wildman–Crippen LogP) is 5.09. The molecule has 0 atom stereocenters. The first-order valence-corrected chi connectivity index (χ1v) is 9.83. The zero-order chi connectivity index (χ0) is 21.1. The van der Waals surface area contributed by atoms with Gasteiger partial charge in [-0.25, -0.2) is 4.98 Å². The summed E-state index contributed by atoms with van der Waals surface area (Å²) in [6.07, 6.45) is 1.90. The maximum atomic E-state index is 13.2. The van der Waals surface area contributed by atoms with Gasteiger partial charge in [0.2, 0.25) is 0 Å². The van der Waals surface area contributed by atoms with Crippen molar-refractivity contribution in [2.45, 2.75) is 6.54 Å². The summed E-state index contributed by atoms with van der Waals surface area (Å²) < 4.78 is 7.87. The summed E-state index contributed by atoms with van der Waals surface area (Å²) in [6, 6.07) is 20.2. The van der Waals surface area contributed by atoms with Crippen molar-refractivity contribution in [2.24, 2.45) is 0 Å². The average Bonchev–Trinajstić information content (AvgIpc) is 3.09. The van der Waals surface area contributed by atoms with Crippen LogP contribution in [0.4, 0.5) is 5.69 Å². The highest BCUT2D eigenvalue weighted by Crippen LogP contribution is 2.32. The summed E-state index contributed by atoms with van der Waals surface area (Å²) in [5, 5.41) is 3.41. The van der Waals surface area contributed by atoms with Crippen LogP contribution in [0.5, 0.6) is 11.5 Å². The molecule has 0 aliphatic rings. The number of fused-ring (bicyclic) bond motifs is 1. The number of hydrogen-bond donors (Lipinski definition) is 1. The van der Waals surface area contributed by atoms with E-state index in [1.807, 2.05) is 78.1 Å². The van der Waals surface area contributed by atoms with Crippen LogP contribution < -0.4 is 10.1 Å². The van der Waals surface area contributed by atoms with Gasteiger partial charge >= 0.3 is 0 Å². The van der Waals surface area contributed by atoms with Crippen LogP contribution >= 0.6 is 11.6 Å². The number of pyridine rings is 1. The summed E-state index contributed by atoms with van der Waals surface area (Å²) in [4.78, 5) is 19.7. The van der Waals surface area contributed by atoms with E-state index >= 15 is 0 Å². The molecule has 152 valence electrons. The molecule has 0 fully saturated rings. The number of amides is 1. The SMILES string of the molecule is CN(C)Cc1c(C(=O)Nc2cc(Cl)ccc2Oc2ccccc2)nc2ccccn12. The van der Waals surface area contributed by atoms with Crippen molar-refractivity contribution in [3.63, 3.8) is 0 Å². The van der Waals surface area contributed by atoms with Crippen LogP contribution in [0.3, 0.4) is 0 Å². The standard InChI is InChI=1S/C23H21ClN4O2/c1-27(2)15-19-22(26-21-10-6-7-13-28(19)21)23(29)25-18-14-16(24)11-12-20(18)30-17-8-4-3-5-9-17/h3-14H,15H2,1-2H3,(H,25,29). The normalized spacial score (nSPS) is 11.1. The number of benzene rings is 2. The van der Waals surface area contributed by atoms with E-state index in [9.17, 15) is 4.79 Å². The molecule has 0 unspecified atom stereocenters. The first-order chi connectivity index (χ1) is 14.5. The van der Waals surface area contributed by atoms with Crippen LogP contribution in [0.15, 0.2) is 72.9 Å². The molecule has 4 aromatic rings. The van der Waals surface area contributed by atoms with E-state index in [4.69, 9.17) is 16.3 Å². The van der Waals surface area contributed by atoms with Gasteiger partial charge in [0.25, 0.3) is 5.91 Å². The van der Waals surface area contributed by atoms with Crippen molar-refractivity contribution < 1.29 is 9.53 Å². The zero-order valence-electron chi connectivity index (χ0n) is 16.7. The molecule has 4 rings (SSSR count). The Morgan fingerprint density at radius 1 is 1.10 bits per heavy atom. The molecule has 0 saturated heterocycles. The Balaban J connectivity index is 1.68. The highest BCUT2D eigenvalue weighted by molar-refractivity contribution is 6.31. The number of para-hydroxylation sites is 1. The van der Waals surface area contributed by atoms with Gasteiger partial charge in [-0.05, 0) is 56.6 Å². The average molecular weight is 421 g/mol. The number of aromatic nitrogens is 2. The molecule has 1 N–H and O–H groups in total. The summed E-state index contributed by atoms with van der Waals surface area (Å²) >= 11 is 6.18. The van der Waals surface area contributed by atoms with Gasteiger partial charge < -0.3 is 19.4 Å². The Labute approximate surface area is 179 Å². The molecule has 6 nitrogen and oxygen atoms in total. The van der Waals surface area contributed by atoms with E-state index in [0.29, 0.717) is 40.1 Å². The lowest BCUT2D eigenvalue weighted by Gasteiger charge is -2.14. The fourth-order valence-corrected chi connectivity index (χ4v) is 3.34. The van der Waals surface area contributed by atoms with E-state index in [0.717, 1.165) is 5.69 Å². The van der Waals surface area contributed by atoms with Gasteiger partial charge in [0, 0.05) is 17.8 Å². The topological polar surface area (TPSA) is 58.9 Å². The summed E-state index contributed by atoms with van der Waals surface area (Å²) in [5.41, 5.74) is 2.36. The molecule has 0 saturated carbocycles. The van der Waals surface area contributed by atoms with E-state index in [-0.39, 0.29) is 5.91 Å². The van der Waals surface area contributed by atoms with Crippen molar-refractivity contribution in [1.29, 1.82) is 0 Å². The third-order valence-electron chi connectivity index (χ3n) is 4.47. The quantitative estimate of drug-likeness (QED) is 0.471. The molecule has 0 spiro atoms. The fourth-order valence-electron chi connectivity index (χ4n) is 3.16. The molecule has 0 aliphatic heterocycles. The van der Waals surface area contributed by atoms with Crippen LogP contribution in [0.25, 0.3) is 5.65 Å². The second-order valence-corrected chi connectivity index (χ2v) is 7.52. The molecular formula is C23H21ClN4O2. The van der Waals surface area contributed by atoms with Gasteiger partial charge in [-0.1, -0.05) is 35.9 Å². The Morgan fingerprint density at radius 2 is 1.87 bits per heavy atom. The second kappa shape index (κ2) is 8.57. The van der Waals surface area contributed by atoms with E-state index in [1.54, 1.807) is 18.2 Å². The van der Waals surface area contributed by atoms with Crippen LogP contribution in [-0.4, -0.2) is 34.3 Å². The van der Waals surface area contributed by atoms with Crippen molar-refractivity contribution in [3.05, 3.63) is 89.3 Å². The second-order valence-electron chi connectivity index (χ2n) is 7.08. The third kappa shape index (κ3) is 4.30. The molecule has 0 bridgehead atoms. The van der Waals surface area contributed by atoms with Crippen LogP contribution in [0.2, 0.25) is 5.02 Å². The minimum absolute atomic E-state index is 0.323. The molecular weight excluding hydrogens is 400 g/mol. The molecule has 2 aromatic carbocycles. The van der Waals surface area contributed by atoms with Crippen LogP contribution in [0, 0.1) is 0 Å². The minimum Gasteiger partial charge on any atom is -0.455 e. The van der Waals surface area contributed by atoms with Gasteiger partial charge in [-0.2, -0.15) is 0 Å². The van der Waals surface area contributed by atoms with Gasteiger partial charge in [-0.15, -0.1) is 0 Å². The number of nitrogens with zero attached hydrogens (tertiary/aromatic N) is 3. The monoisotopic (exact) mass is 420 g/mol. The lowest BCUT2D eigenvalue weighted by Crippen LogP contribution is -2.19. The Kier molecular flexibility index (Phi) is 5.70. The van der Waals surface area contributed by atoms with E-state index < -0.39 is 0 Å². The number of carbonyl (C=O) groups excluding carboxylic acids is 1. The van der Waals surface area contributed by atoms with Crippen molar-refractivity contribution in [1.82, 2.24) is 14.3 Å². The smallest absolute Gasteiger partial charge is 0.276 e. The van der Waals surface area contributed by atoms with E-state index in [1.165, 1.54) is 0 Å². The number of ether oxygens (including phenoxy) is 1. The molecule has 30 heavy (non-hydrogen) atoms. The first kappa shape index (κ1) is 19.9. The summed E-state index contributed by atoms with van der Waals surface area (Å²) in [5.74, 6) is 0.837. The molecule has 0 radical (unpaired) electrons. The lowest BCUT2D eigenvalue weighted by atomic mass is 10.2.